The van der Waals surface area contributed by atoms with Crippen LogP contribution >= 0.6 is 0 Å². The molecule has 11 aromatic carbocycles. The van der Waals surface area contributed by atoms with Gasteiger partial charge in [0.1, 0.15) is 11.2 Å². The summed E-state index contributed by atoms with van der Waals surface area (Å²) in [5, 5.41) is 7.17. The summed E-state index contributed by atoms with van der Waals surface area (Å²) >= 11 is 0. The van der Waals surface area contributed by atoms with Gasteiger partial charge < -0.3 is 13.9 Å². The molecule has 3 heteroatoms. The summed E-state index contributed by atoms with van der Waals surface area (Å²) in [4.78, 5) is 2.45. The molecule has 1 aliphatic rings. The van der Waals surface area contributed by atoms with Gasteiger partial charge in [-0.25, -0.2) is 0 Å². The Balaban J connectivity index is 0.982. The second-order valence-corrected chi connectivity index (χ2v) is 18.0. The molecule has 0 spiro atoms. The monoisotopic (exact) mass is 866 g/mol. The Hall–Kier alpha value is -8.92. The Morgan fingerprint density at radius 1 is 0.382 bits per heavy atom. The van der Waals surface area contributed by atoms with Crippen molar-refractivity contribution in [2.75, 3.05) is 4.90 Å². The van der Waals surface area contributed by atoms with Crippen molar-refractivity contribution in [2.24, 2.45) is 0 Å². The molecule has 318 valence electrons. The summed E-state index contributed by atoms with van der Waals surface area (Å²) in [6, 6.07) is 93.1. The van der Waals surface area contributed by atoms with E-state index in [-0.39, 0.29) is 0 Å². The van der Waals surface area contributed by atoms with Crippen LogP contribution in [-0.4, -0.2) is 4.57 Å². The van der Waals surface area contributed by atoms with Crippen LogP contribution in [-0.2, 0) is 5.41 Å². The van der Waals surface area contributed by atoms with Crippen LogP contribution in [0.1, 0.15) is 22.3 Å². The van der Waals surface area contributed by atoms with Crippen molar-refractivity contribution in [3.8, 4) is 27.9 Å². The zero-order valence-corrected chi connectivity index (χ0v) is 37.1. The molecule has 0 saturated heterocycles. The Morgan fingerprint density at radius 2 is 1.00 bits per heavy atom. The average Bonchev–Trinajstić information content (AvgIpc) is 4.06. The number of nitrogens with zero attached hydrogens (tertiary/aromatic N) is 2. The van der Waals surface area contributed by atoms with E-state index in [4.69, 9.17) is 4.42 Å². The minimum Gasteiger partial charge on any atom is -0.456 e. The standard InChI is InChI=1S/C65H42N2O/c1-4-18-46(19-5-1)65(47-20-6-2-7-21-47)57-27-14-12-26-55(57)63-58(65)28-16-29-59(63)66(50-37-40-62-56(42-50)53-25-13-15-30-61(53)68-62)49-35-31-43(32-36-49)45-34-38-52-54-39-33-44-17-10-11-24-51(44)64(54)67(60(52)41-45)48-22-8-3-9-23-48/h1-42H. The maximum absolute atomic E-state index is 6.40. The van der Waals surface area contributed by atoms with Crippen molar-refractivity contribution in [1.29, 1.82) is 0 Å². The summed E-state index contributed by atoms with van der Waals surface area (Å²) in [5.41, 5.74) is 17.8. The number of aromatic nitrogens is 1. The first-order valence-corrected chi connectivity index (χ1v) is 23.4. The van der Waals surface area contributed by atoms with E-state index in [0.717, 1.165) is 55.8 Å². The lowest BCUT2D eigenvalue weighted by Gasteiger charge is -2.34. The quantitative estimate of drug-likeness (QED) is 0.159. The Kier molecular flexibility index (Phi) is 8.50. The Bertz CT molecular complexity index is 4030. The fraction of sp³-hybridized carbons (Fsp3) is 0.0154. The predicted molar refractivity (Wildman–Crippen MR) is 283 cm³/mol. The van der Waals surface area contributed by atoms with Gasteiger partial charge >= 0.3 is 0 Å². The van der Waals surface area contributed by atoms with Crippen LogP contribution in [0.2, 0.25) is 0 Å². The number of hydrogen-bond donors (Lipinski definition) is 0. The second kappa shape index (κ2) is 15.1. The SMILES string of the molecule is c1ccc(-n2c3cc(-c4ccc(N(c5ccc6oc7ccccc7c6c5)c5cccc6c5-c5ccccc5C6(c5ccccc5)c5ccccc5)cc4)ccc3c3ccc4ccccc4c32)cc1. The van der Waals surface area contributed by atoms with Gasteiger partial charge in [-0.3, -0.25) is 0 Å². The lowest BCUT2D eigenvalue weighted by atomic mass is 9.68. The van der Waals surface area contributed by atoms with Crippen LogP contribution in [0.25, 0.3) is 82.5 Å². The molecule has 2 heterocycles. The summed E-state index contributed by atoms with van der Waals surface area (Å²) in [5.74, 6) is 0. The zero-order valence-electron chi connectivity index (χ0n) is 37.1. The first kappa shape index (κ1) is 38.4. The van der Waals surface area contributed by atoms with Gasteiger partial charge in [0.2, 0.25) is 0 Å². The smallest absolute Gasteiger partial charge is 0.135 e. The van der Waals surface area contributed by atoms with Crippen LogP contribution in [0.15, 0.2) is 259 Å². The van der Waals surface area contributed by atoms with Crippen LogP contribution in [0.5, 0.6) is 0 Å². The number of rotatable bonds is 7. The van der Waals surface area contributed by atoms with Crippen LogP contribution < -0.4 is 4.90 Å². The Labute approximate surface area is 394 Å². The van der Waals surface area contributed by atoms with E-state index < -0.39 is 5.41 Å². The summed E-state index contributed by atoms with van der Waals surface area (Å²) in [7, 11) is 0. The van der Waals surface area contributed by atoms with Crippen molar-refractivity contribution in [1.82, 2.24) is 4.57 Å². The minimum atomic E-state index is -0.530. The van der Waals surface area contributed by atoms with Crippen LogP contribution in [0.3, 0.4) is 0 Å². The highest BCUT2D eigenvalue weighted by atomic mass is 16.3. The first-order valence-electron chi connectivity index (χ1n) is 23.4. The van der Waals surface area contributed by atoms with E-state index in [0.29, 0.717) is 0 Å². The molecular formula is C65H42N2O. The van der Waals surface area contributed by atoms with Crippen LogP contribution in [0.4, 0.5) is 17.1 Å². The van der Waals surface area contributed by atoms with Crippen molar-refractivity contribution < 1.29 is 4.42 Å². The number of furan rings is 1. The number of hydrogen-bond acceptors (Lipinski definition) is 2. The number of benzene rings is 11. The molecule has 0 amide bonds. The summed E-state index contributed by atoms with van der Waals surface area (Å²) < 4.78 is 8.84. The van der Waals surface area contributed by atoms with E-state index >= 15 is 0 Å². The van der Waals surface area contributed by atoms with E-state index in [1.54, 1.807) is 0 Å². The molecular weight excluding hydrogens is 825 g/mol. The molecule has 0 saturated carbocycles. The third kappa shape index (κ3) is 5.60. The normalized spacial score (nSPS) is 12.8. The van der Waals surface area contributed by atoms with E-state index in [2.05, 4.69) is 258 Å². The third-order valence-corrected chi connectivity index (χ3v) is 14.4. The molecule has 0 aliphatic heterocycles. The topological polar surface area (TPSA) is 21.3 Å². The van der Waals surface area contributed by atoms with E-state index in [9.17, 15) is 0 Å². The predicted octanol–water partition coefficient (Wildman–Crippen LogP) is 17.3. The van der Waals surface area contributed by atoms with Crippen molar-refractivity contribution >= 4 is 71.6 Å². The van der Waals surface area contributed by atoms with Gasteiger partial charge in [0.15, 0.2) is 0 Å². The summed E-state index contributed by atoms with van der Waals surface area (Å²) in [6.45, 7) is 0. The molecule has 0 unspecified atom stereocenters. The fourth-order valence-electron chi connectivity index (χ4n) is 11.5. The van der Waals surface area contributed by atoms with Gasteiger partial charge in [0, 0.05) is 49.6 Å². The molecule has 68 heavy (non-hydrogen) atoms. The van der Waals surface area contributed by atoms with Crippen molar-refractivity contribution in [2.45, 2.75) is 5.41 Å². The second-order valence-electron chi connectivity index (χ2n) is 18.0. The maximum Gasteiger partial charge on any atom is 0.135 e. The lowest BCUT2D eigenvalue weighted by Crippen LogP contribution is -2.28. The maximum atomic E-state index is 6.40. The number of anilines is 3. The largest absolute Gasteiger partial charge is 0.456 e. The summed E-state index contributed by atoms with van der Waals surface area (Å²) in [6.07, 6.45) is 0. The van der Waals surface area contributed by atoms with E-state index in [1.807, 2.05) is 6.07 Å². The molecule has 0 atom stereocenters. The molecule has 2 aromatic heterocycles. The molecule has 1 aliphatic carbocycles. The number of para-hydroxylation sites is 2. The average molecular weight is 867 g/mol. The van der Waals surface area contributed by atoms with Crippen molar-refractivity contribution in [3.05, 3.63) is 277 Å². The highest BCUT2D eigenvalue weighted by molar-refractivity contribution is 6.19. The molecule has 14 rings (SSSR count). The molecule has 13 aromatic rings. The fourth-order valence-corrected chi connectivity index (χ4v) is 11.5. The first-order chi connectivity index (χ1) is 33.7. The van der Waals surface area contributed by atoms with Gasteiger partial charge in [-0.1, -0.05) is 194 Å². The van der Waals surface area contributed by atoms with Gasteiger partial charge in [0.25, 0.3) is 0 Å². The number of fused-ring (bicyclic) bond motifs is 11. The highest BCUT2D eigenvalue weighted by Crippen LogP contribution is 2.59. The van der Waals surface area contributed by atoms with E-state index in [1.165, 1.54) is 66.0 Å². The highest BCUT2D eigenvalue weighted by Gasteiger charge is 2.47. The molecule has 0 N–H and O–H groups in total. The van der Waals surface area contributed by atoms with Gasteiger partial charge in [-0.15, -0.1) is 0 Å². The third-order valence-electron chi connectivity index (χ3n) is 14.4. The molecule has 0 radical (unpaired) electrons. The molecule has 0 fully saturated rings. The Morgan fingerprint density at radius 3 is 1.79 bits per heavy atom. The molecule has 0 bridgehead atoms. The molecule has 3 nitrogen and oxygen atoms in total. The van der Waals surface area contributed by atoms with Gasteiger partial charge in [0.05, 0.1) is 22.1 Å². The van der Waals surface area contributed by atoms with Gasteiger partial charge in [-0.2, -0.15) is 0 Å². The minimum absolute atomic E-state index is 0.530. The van der Waals surface area contributed by atoms with Gasteiger partial charge in [-0.05, 0) is 105 Å². The lowest BCUT2D eigenvalue weighted by molar-refractivity contribution is 0.669. The zero-order chi connectivity index (χ0) is 44.8. The van der Waals surface area contributed by atoms with Crippen molar-refractivity contribution in [3.63, 3.8) is 0 Å². The van der Waals surface area contributed by atoms with Crippen LogP contribution in [0, 0.1) is 0 Å².